The van der Waals surface area contributed by atoms with E-state index in [9.17, 15) is 9.18 Å². The van der Waals surface area contributed by atoms with Crippen LogP contribution in [0, 0.1) is 5.82 Å². The number of halogens is 1. The lowest BCUT2D eigenvalue weighted by Gasteiger charge is -2.09. The summed E-state index contributed by atoms with van der Waals surface area (Å²) in [4.78, 5) is 12.1. The van der Waals surface area contributed by atoms with Crippen molar-refractivity contribution in [2.75, 3.05) is 17.7 Å². The Morgan fingerprint density at radius 1 is 1.29 bits per heavy atom. The zero-order valence-electron chi connectivity index (χ0n) is 11.7. The monoisotopic (exact) mass is 288 g/mol. The number of nitrogens with one attached hydrogen (secondary N) is 1. The molecule has 2 aromatic carbocycles. The van der Waals surface area contributed by atoms with Gasteiger partial charge in [-0.1, -0.05) is 13.0 Å². The zero-order valence-corrected chi connectivity index (χ0v) is 11.7. The van der Waals surface area contributed by atoms with Crippen molar-refractivity contribution < 1.29 is 13.9 Å². The predicted molar refractivity (Wildman–Crippen MR) is 81.0 cm³/mol. The highest BCUT2D eigenvalue weighted by atomic mass is 19.1. The van der Waals surface area contributed by atoms with Crippen molar-refractivity contribution in [2.45, 2.75) is 13.3 Å². The number of carbonyl (C=O) groups excluding carboxylic acids is 1. The van der Waals surface area contributed by atoms with Gasteiger partial charge in [0.25, 0.3) is 5.91 Å². The van der Waals surface area contributed by atoms with Crippen LogP contribution in [0.15, 0.2) is 42.5 Å². The quantitative estimate of drug-likeness (QED) is 0.828. The molecule has 0 spiro atoms. The van der Waals surface area contributed by atoms with Crippen LogP contribution in [0.2, 0.25) is 0 Å². The Labute approximate surface area is 122 Å². The molecule has 2 aromatic rings. The fourth-order valence-corrected chi connectivity index (χ4v) is 1.77. The van der Waals surface area contributed by atoms with Crippen LogP contribution in [0.1, 0.15) is 23.7 Å². The number of hydrogen-bond acceptors (Lipinski definition) is 3. The van der Waals surface area contributed by atoms with E-state index >= 15 is 0 Å². The maximum absolute atomic E-state index is 13.7. The summed E-state index contributed by atoms with van der Waals surface area (Å²) in [6.45, 7) is 2.58. The lowest BCUT2D eigenvalue weighted by Crippen LogP contribution is -2.13. The molecule has 0 aliphatic heterocycles. The summed E-state index contributed by atoms with van der Waals surface area (Å²) in [5.41, 5.74) is 6.27. The minimum absolute atomic E-state index is 0.0917. The standard InChI is InChI=1S/C16H17FN2O2/c1-2-8-21-13-5-3-4-11(9-13)16(20)19-15-7-6-12(18)10-14(15)17/h3-7,9-10H,2,8,18H2,1H3,(H,19,20). The van der Waals surface area contributed by atoms with Crippen molar-refractivity contribution in [3.63, 3.8) is 0 Å². The van der Waals surface area contributed by atoms with Crippen LogP contribution < -0.4 is 15.8 Å². The van der Waals surface area contributed by atoms with Gasteiger partial charge in [0, 0.05) is 11.3 Å². The smallest absolute Gasteiger partial charge is 0.255 e. The van der Waals surface area contributed by atoms with Gasteiger partial charge in [-0.25, -0.2) is 4.39 Å². The minimum atomic E-state index is -0.568. The van der Waals surface area contributed by atoms with Crippen molar-refractivity contribution in [3.8, 4) is 5.75 Å². The fourth-order valence-electron chi connectivity index (χ4n) is 1.77. The van der Waals surface area contributed by atoms with Gasteiger partial charge >= 0.3 is 0 Å². The molecule has 2 rings (SSSR count). The maximum Gasteiger partial charge on any atom is 0.255 e. The third-order valence-electron chi connectivity index (χ3n) is 2.81. The summed E-state index contributed by atoms with van der Waals surface area (Å²) in [6, 6.07) is 10.9. The second-order valence-corrected chi connectivity index (χ2v) is 4.57. The van der Waals surface area contributed by atoms with Crippen LogP contribution in [0.5, 0.6) is 5.75 Å². The van der Waals surface area contributed by atoms with Gasteiger partial charge in [-0.05, 0) is 42.8 Å². The van der Waals surface area contributed by atoms with E-state index in [1.54, 1.807) is 24.3 Å². The van der Waals surface area contributed by atoms with Crippen molar-refractivity contribution in [3.05, 3.63) is 53.8 Å². The molecule has 0 radical (unpaired) electrons. The normalized spacial score (nSPS) is 10.2. The van der Waals surface area contributed by atoms with E-state index in [0.717, 1.165) is 12.5 Å². The van der Waals surface area contributed by atoms with Crippen molar-refractivity contribution in [1.29, 1.82) is 0 Å². The molecule has 5 heteroatoms. The van der Waals surface area contributed by atoms with E-state index in [1.807, 2.05) is 6.92 Å². The molecule has 3 N–H and O–H groups in total. The third-order valence-corrected chi connectivity index (χ3v) is 2.81. The highest BCUT2D eigenvalue weighted by Gasteiger charge is 2.10. The van der Waals surface area contributed by atoms with Crippen LogP contribution >= 0.6 is 0 Å². The topological polar surface area (TPSA) is 64.3 Å². The first-order valence-corrected chi connectivity index (χ1v) is 6.69. The predicted octanol–water partition coefficient (Wildman–Crippen LogP) is 3.45. The highest BCUT2D eigenvalue weighted by Crippen LogP contribution is 2.19. The van der Waals surface area contributed by atoms with Crippen LogP contribution in [0.25, 0.3) is 0 Å². The molecule has 21 heavy (non-hydrogen) atoms. The molecule has 0 aliphatic rings. The Hall–Kier alpha value is -2.56. The second kappa shape index (κ2) is 6.74. The molecule has 0 atom stereocenters. The van der Waals surface area contributed by atoms with Gasteiger partial charge in [-0.3, -0.25) is 4.79 Å². The number of ether oxygens (including phenoxy) is 1. The van der Waals surface area contributed by atoms with Crippen LogP contribution in [0.4, 0.5) is 15.8 Å². The number of hydrogen-bond donors (Lipinski definition) is 2. The van der Waals surface area contributed by atoms with Crippen LogP contribution in [-0.2, 0) is 0 Å². The molecule has 0 aromatic heterocycles. The average Bonchev–Trinajstić information content (AvgIpc) is 2.48. The summed E-state index contributed by atoms with van der Waals surface area (Å²) >= 11 is 0. The van der Waals surface area contributed by atoms with E-state index in [-0.39, 0.29) is 5.69 Å². The van der Waals surface area contributed by atoms with E-state index in [0.29, 0.717) is 23.6 Å². The third kappa shape index (κ3) is 3.95. The first kappa shape index (κ1) is 14.8. The van der Waals surface area contributed by atoms with E-state index < -0.39 is 11.7 Å². The number of rotatable bonds is 5. The number of anilines is 2. The second-order valence-electron chi connectivity index (χ2n) is 4.57. The van der Waals surface area contributed by atoms with E-state index in [2.05, 4.69) is 5.32 Å². The molecule has 4 nitrogen and oxygen atoms in total. The van der Waals surface area contributed by atoms with Gasteiger partial charge < -0.3 is 15.8 Å². The first-order chi connectivity index (χ1) is 10.1. The number of nitrogen functional groups attached to an aromatic ring is 1. The fraction of sp³-hybridized carbons (Fsp3) is 0.188. The van der Waals surface area contributed by atoms with Crippen molar-refractivity contribution in [2.24, 2.45) is 0 Å². The summed E-state index contributed by atoms with van der Waals surface area (Å²) in [5.74, 6) is -0.357. The van der Waals surface area contributed by atoms with Crippen molar-refractivity contribution in [1.82, 2.24) is 0 Å². The van der Waals surface area contributed by atoms with Gasteiger partial charge in [0.1, 0.15) is 11.6 Å². The summed E-state index contributed by atoms with van der Waals surface area (Å²) in [6.07, 6.45) is 0.882. The lowest BCUT2D eigenvalue weighted by atomic mass is 10.2. The molecule has 0 bridgehead atoms. The average molecular weight is 288 g/mol. The molecular formula is C16H17FN2O2. The molecule has 0 saturated carbocycles. The lowest BCUT2D eigenvalue weighted by molar-refractivity contribution is 0.102. The minimum Gasteiger partial charge on any atom is -0.494 e. The Kier molecular flexibility index (Phi) is 4.77. The molecule has 0 saturated heterocycles. The summed E-state index contributed by atoms with van der Waals surface area (Å²) in [5, 5.41) is 2.51. The number of nitrogens with two attached hydrogens (primary N) is 1. The molecule has 0 fully saturated rings. The van der Waals surface area contributed by atoms with E-state index in [4.69, 9.17) is 10.5 Å². The van der Waals surface area contributed by atoms with Gasteiger partial charge in [-0.15, -0.1) is 0 Å². The molecule has 0 unspecified atom stereocenters. The zero-order chi connectivity index (χ0) is 15.2. The molecule has 110 valence electrons. The highest BCUT2D eigenvalue weighted by molar-refractivity contribution is 6.04. The Morgan fingerprint density at radius 3 is 2.81 bits per heavy atom. The summed E-state index contributed by atoms with van der Waals surface area (Å²) < 4.78 is 19.1. The largest absolute Gasteiger partial charge is 0.494 e. The Morgan fingerprint density at radius 2 is 2.10 bits per heavy atom. The molecule has 0 heterocycles. The van der Waals surface area contributed by atoms with Gasteiger partial charge in [0.05, 0.1) is 12.3 Å². The number of amides is 1. The number of benzene rings is 2. The van der Waals surface area contributed by atoms with Gasteiger partial charge in [-0.2, -0.15) is 0 Å². The summed E-state index contributed by atoms with van der Waals surface area (Å²) in [7, 11) is 0. The Bertz CT molecular complexity index is 644. The van der Waals surface area contributed by atoms with Gasteiger partial charge in [0.2, 0.25) is 0 Å². The van der Waals surface area contributed by atoms with Crippen LogP contribution in [0.3, 0.4) is 0 Å². The Balaban J connectivity index is 2.12. The first-order valence-electron chi connectivity index (χ1n) is 6.69. The molecule has 0 aliphatic carbocycles. The molecule has 1 amide bonds. The van der Waals surface area contributed by atoms with Crippen molar-refractivity contribution >= 4 is 17.3 Å². The molecular weight excluding hydrogens is 271 g/mol. The van der Waals surface area contributed by atoms with Gasteiger partial charge in [0.15, 0.2) is 0 Å². The number of carbonyl (C=O) groups is 1. The van der Waals surface area contributed by atoms with Crippen LogP contribution in [-0.4, -0.2) is 12.5 Å². The maximum atomic E-state index is 13.7. The van der Waals surface area contributed by atoms with E-state index in [1.165, 1.54) is 12.1 Å². The SMILES string of the molecule is CCCOc1cccc(C(=O)Nc2ccc(N)cc2F)c1.